The Kier molecular flexibility index (Phi) is 4.79. The summed E-state index contributed by atoms with van der Waals surface area (Å²) in [4.78, 5) is 1.55. The third-order valence-corrected chi connectivity index (χ3v) is 6.81. The summed E-state index contributed by atoms with van der Waals surface area (Å²) in [5.74, 6) is 0. The largest absolute Gasteiger partial charge is 0.376 e. The number of hydrogen-bond donors (Lipinski definition) is 1. The molecule has 0 saturated carbocycles. The highest BCUT2D eigenvalue weighted by Crippen LogP contribution is 2.41. The molecule has 1 heterocycles. The summed E-state index contributed by atoms with van der Waals surface area (Å²) in [5.41, 5.74) is 3.91. The number of fused-ring (bicyclic) bond motifs is 1. The van der Waals surface area contributed by atoms with E-state index in [4.69, 9.17) is 0 Å². The first-order valence-electron chi connectivity index (χ1n) is 6.55. The third-order valence-electron chi connectivity index (χ3n) is 3.59. The third kappa shape index (κ3) is 3.10. The van der Waals surface area contributed by atoms with E-state index in [0.717, 1.165) is 14.6 Å². The van der Waals surface area contributed by atoms with Gasteiger partial charge in [-0.15, -0.1) is 11.3 Å². The highest BCUT2D eigenvalue weighted by Gasteiger charge is 2.23. The summed E-state index contributed by atoms with van der Waals surface area (Å²) < 4.78 is 3.64. The Balaban J connectivity index is 1.93. The van der Waals surface area contributed by atoms with Crippen molar-refractivity contribution < 1.29 is 0 Å². The van der Waals surface area contributed by atoms with Crippen LogP contribution in [-0.4, -0.2) is 0 Å². The Labute approximate surface area is 153 Å². The molecule has 1 N–H and O–H groups in total. The SMILES string of the molecule is Cc1cc(Br)c(NC2CCCc3sc(I)cc32)c(Br)c1. The number of rotatable bonds is 2. The molecular formula is C15H14Br2INS. The molecule has 2 aromatic rings. The van der Waals surface area contributed by atoms with E-state index in [-0.39, 0.29) is 0 Å². The average molecular weight is 527 g/mol. The molecule has 106 valence electrons. The molecule has 0 spiro atoms. The first-order chi connectivity index (χ1) is 9.54. The smallest absolute Gasteiger partial charge is 0.0660 e. The number of nitrogens with one attached hydrogen (secondary N) is 1. The lowest BCUT2D eigenvalue weighted by atomic mass is 9.94. The van der Waals surface area contributed by atoms with Gasteiger partial charge in [0.2, 0.25) is 0 Å². The van der Waals surface area contributed by atoms with E-state index in [2.05, 4.69) is 84.9 Å². The van der Waals surface area contributed by atoms with Gasteiger partial charge in [0.15, 0.2) is 0 Å². The van der Waals surface area contributed by atoms with E-state index in [1.807, 2.05) is 11.3 Å². The quantitative estimate of drug-likeness (QED) is 0.431. The van der Waals surface area contributed by atoms with Crippen molar-refractivity contribution in [2.45, 2.75) is 32.2 Å². The lowest BCUT2D eigenvalue weighted by molar-refractivity contribution is 0.608. The molecule has 0 saturated heterocycles. The van der Waals surface area contributed by atoms with E-state index in [0.29, 0.717) is 6.04 Å². The second-order valence-corrected chi connectivity index (χ2v) is 9.86. The van der Waals surface area contributed by atoms with Gasteiger partial charge in [0.25, 0.3) is 0 Å². The molecule has 0 radical (unpaired) electrons. The molecule has 1 unspecified atom stereocenters. The molecular weight excluding hydrogens is 513 g/mol. The molecule has 1 aliphatic carbocycles. The van der Waals surface area contributed by atoms with Crippen LogP contribution in [0.2, 0.25) is 0 Å². The van der Waals surface area contributed by atoms with Crippen LogP contribution >= 0.6 is 65.8 Å². The first-order valence-corrected chi connectivity index (χ1v) is 10.0. The summed E-state index contributed by atoms with van der Waals surface area (Å²) in [6.07, 6.45) is 3.70. The first kappa shape index (κ1) is 15.3. The normalized spacial score (nSPS) is 17.9. The lowest BCUT2D eigenvalue weighted by Crippen LogP contribution is -2.16. The maximum absolute atomic E-state index is 3.72. The molecule has 0 fully saturated rings. The van der Waals surface area contributed by atoms with Crippen LogP contribution in [-0.2, 0) is 6.42 Å². The fourth-order valence-corrected chi connectivity index (χ4v) is 6.45. The zero-order valence-corrected chi connectivity index (χ0v) is 17.1. The van der Waals surface area contributed by atoms with Gasteiger partial charge >= 0.3 is 0 Å². The number of halogens is 3. The minimum absolute atomic E-state index is 0.425. The van der Waals surface area contributed by atoms with Gasteiger partial charge in [0.1, 0.15) is 0 Å². The second-order valence-electron chi connectivity index (χ2n) is 5.12. The fraction of sp³-hybridized carbons (Fsp3) is 0.333. The summed E-state index contributed by atoms with van der Waals surface area (Å²) in [7, 11) is 0. The molecule has 1 aromatic carbocycles. The van der Waals surface area contributed by atoms with Gasteiger partial charge in [-0.25, -0.2) is 0 Å². The molecule has 0 amide bonds. The average Bonchev–Trinajstić information content (AvgIpc) is 2.74. The minimum Gasteiger partial charge on any atom is -0.376 e. The molecule has 5 heteroatoms. The Morgan fingerprint density at radius 3 is 2.65 bits per heavy atom. The number of thiophene rings is 1. The molecule has 0 bridgehead atoms. The maximum atomic E-state index is 3.72. The molecule has 1 aliphatic rings. The number of aryl methyl sites for hydroxylation is 2. The van der Waals surface area contributed by atoms with Gasteiger partial charge in [0, 0.05) is 13.8 Å². The van der Waals surface area contributed by atoms with Crippen molar-refractivity contribution in [3.63, 3.8) is 0 Å². The lowest BCUT2D eigenvalue weighted by Gasteiger charge is -2.26. The van der Waals surface area contributed by atoms with Crippen LogP contribution in [0.15, 0.2) is 27.1 Å². The second kappa shape index (κ2) is 6.26. The predicted molar refractivity (Wildman–Crippen MR) is 103 cm³/mol. The van der Waals surface area contributed by atoms with Gasteiger partial charge in [0.05, 0.1) is 14.6 Å². The van der Waals surface area contributed by atoms with E-state index >= 15 is 0 Å². The monoisotopic (exact) mass is 525 g/mol. The maximum Gasteiger partial charge on any atom is 0.0660 e. The highest BCUT2D eigenvalue weighted by molar-refractivity contribution is 14.1. The van der Waals surface area contributed by atoms with Crippen LogP contribution in [0.4, 0.5) is 5.69 Å². The highest BCUT2D eigenvalue weighted by atomic mass is 127. The molecule has 3 rings (SSSR count). The van der Waals surface area contributed by atoms with Crippen LogP contribution in [0.3, 0.4) is 0 Å². The molecule has 0 aliphatic heterocycles. The van der Waals surface area contributed by atoms with Crippen molar-refractivity contribution in [2.75, 3.05) is 5.32 Å². The predicted octanol–water partition coefficient (Wildman–Crippen LogP) is 6.68. The standard InChI is InChI=1S/C15H14Br2INS/c1-8-5-10(16)15(11(17)6-8)19-12-3-2-4-13-9(12)7-14(18)20-13/h5-7,12,19H,2-4H2,1H3. The van der Waals surface area contributed by atoms with Crippen LogP contribution in [0, 0.1) is 9.81 Å². The van der Waals surface area contributed by atoms with Gasteiger partial charge in [-0.3, -0.25) is 0 Å². The van der Waals surface area contributed by atoms with Crippen molar-refractivity contribution >= 4 is 71.5 Å². The van der Waals surface area contributed by atoms with Crippen LogP contribution in [0.5, 0.6) is 0 Å². The zero-order valence-electron chi connectivity index (χ0n) is 11.0. The van der Waals surface area contributed by atoms with Gasteiger partial charge < -0.3 is 5.32 Å². The van der Waals surface area contributed by atoms with Crippen molar-refractivity contribution in [1.29, 1.82) is 0 Å². The van der Waals surface area contributed by atoms with Gasteiger partial charge in [-0.2, -0.15) is 0 Å². The fourth-order valence-electron chi connectivity index (χ4n) is 2.68. The zero-order chi connectivity index (χ0) is 14.3. The van der Waals surface area contributed by atoms with Crippen molar-refractivity contribution in [1.82, 2.24) is 0 Å². The molecule has 1 nitrogen and oxygen atoms in total. The summed E-state index contributed by atoms with van der Waals surface area (Å²) in [6, 6.07) is 7.09. The van der Waals surface area contributed by atoms with Crippen molar-refractivity contribution in [3.8, 4) is 0 Å². The Morgan fingerprint density at radius 2 is 1.95 bits per heavy atom. The number of benzene rings is 1. The topological polar surface area (TPSA) is 12.0 Å². The number of anilines is 1. The molecule has 1 atom stereocenters. The Bertz CT molecular complexity index is 630. The van der Waals surface area contributed by atoms with Gasteiger partial charge in [-0.1, -0.05) is 0 Å². The minimum atomic E-state index is 0.425. The van der Waals surface area contributed by atoms with Crippen molar-refractivity contribution in [2.24, 2.45) is 0 Å². The van der Waals surface area contributed by atoms with Gasteiger partial charge in [-0.05, 0) is 110 Å². The number of hydrogen-bond acceptors (Lipinski definition) is 2. The summed E-state index contributed by atoms with van der Waals surface area (Å²) in [6.45, 7) is 2.11. The molecule has 1 aromatic heterocycles. The van der Waals surface area contributed by atoms with E-state index in [9.17, 15) is 0 Å². The molecule has 20 heavy (non-hydrogen) atoms. The van der Waals surface area contributed by atoms with E-state index in [1.54, 1.807) is 4.88 Å². The van der Waals surface area contributed by atoms with E-state index < -0.39 is 0 Å². The van der Waals surface area contributed by atoms with Crippen LogP contribution < -0.4 is 5.32 Å². The summed E-state index contributed by atoms with van der Waals surface area (Å²) in [5, 5.41) is 3.72. The van der Waals surface area contributed by atoms with Crippen molar-refractivity contribution in [3.05, 3.63) is 46.0 Å². The van der Waals surface area contributed by atoms with Crippen LogP contribution in [0.1, 0.15) is 34.9 Å². The van der Waals surface area contributed by atoms with E-state index in [1.165, 1.54) is 33.3 Å². The Hall–Kier alpha value is 0.410. The van der Waals surface area contributed by atoms with Crippen LogP contribution in [0.25, 0.3) is 0 Å². The Morgan fingerprint density at radius 1 is 1.25 bits per heavy atom. The summed E-state index contributed by atoms with van der Waals surface area (Å²) >= 11 is 11.7.